The molecule has 0 saturated heterocycles. The summed E-state index contributed by atoms with van der Waals surface area (Å²) < 4.78 is 51.7. The van der Waals surface area contributed by atoms with Gasteiger partial charge in [-0.2, -0.15) is 0 Å². The number of nitrogens with zero attached hydrogens (tertiary/aromatic N) is 4. The zero-order valence-electron chi connectivity index (χ0n) is 45.9. The summed E-state index contributed by atoms with van der Waals surface area (Å²) in [6, 6.07) is 32.6. The number of methoxy groups -OCH3 is 4. The van der Waals surface area contributed by atoms with Crippen molar-refractivity contribution >= 4 is 34.8 Å². The minimum Gasteiger partial charge on any atom is -0.496 e. The smallest absolute Gasteiger partial charge is 0.180 e. The lowest BCUT2D eigenvalue weighted by Gasteiger charge is -2.29. The van der Waals surface area contributed by atoms with Crippen LogP contribution >= 0.6 is 34.8 Å². The molecular formula is C63H67Cl3N4O9. The maximum Gasteiger partial charge on any atom is 0.180 e. The van der Waals surface area contributed by atoms with Crippen molar-refractivity contribution in [1.29, 1.82) is 0 Å². The highest BCUT2D eigenvalue weighted by molar-refractivity contribution is 6.63. The van der Waals surface area contributed by atoms with Crippen LogP contribution in [0.3, 0.4) is 0 Å². The first-order valence-electron chi connectivity index (χ1n) is 25.8. The van der Waals surface area contributed by atoms with Gasteiger partial charge in [0.25, 0.3) is 0 Å². The number of fused-ring (bicyclic) bond motifs is 8. The predicted octanol–water partition coefficient (Wildman–Crippen LogP) is 14.5. The zero-order valence-corrected chi connectivity index (χ0v) is 48.2. The Balaban J connectivity index is 0.00000122. The number of hydrogen-bond acceptors (Lipinski definition) is 13. The third-order valence-electron chi connectivity index (χ3n) is 13.8. The number of alkyl halides is 3. The van der Waals surface area contributed by atoms with Crippen LogP contribution in [0.25, 0.3) is 0 Å². The van der Waals surface area contributed by atoms with E-state index < -0.39 is 4.30 Å². The van der Waals surface area contributed by atoms with Crippen molar-refractivity contribution in [3.05, 3.63) is 213 Å². The second-order valence-electron chi connectivity index (χ2n) is 18.6. The topological polar surface area (TPSA) is 146 Å². The Labute approximate surface area is 478 Å². The fourth-order valence-corrected chi connectivity index (χ4v) is 9.53. The van der Waals surface area contributed by atoms with Gasteiger partial charge in [-0.05, 0) is 102 Å². The molecule has 1 aliphatic rings. The van der Waals surface area contributed by atoms with E-state index in [2.05, 4.69) is 71.9 Å². The molecule has 1 N–H and O–H groups in total. The summed E-state index contributed by atoms with van der Waals surface area (Å²) in [7, 11) is 6.80. The van der Waals surface area contributed by atoms with Gasteiger partial charge in [-0.15, -0.1) is 0 Å². The highest BCUT2D eigenvalue weighted by atomic mass is 35.6. The normalized spacial score (nSPS) is 15.3. The quantitative estimate of drug-likeness (QED) is 0.0917. The zero-order chi connectivity index (χ0) is 56.4. The SMILES string of the molecule is CCO.COc1cc(OCc2ccncc2)c2cc1[C@H](C)c1cc(c(OC)cc1OCc1ccncc1)[C@H](C)c1cc(c(OC)cc1OCc1ccncc1)[C@H](C)c1cc(c(OC)cc1OCc1ccncc1)[C@@H]2C.ClC(Cl)Cl. The lowest BCUT2D eigenvalue weighted by molar-refractivity contribution is 0.296. The third-order valence-corrected chi connectivity index (χ3v) is 13.8. The molecule has 4 aromatic heterocycles. The average Bonchev–Trinajstić information content (AvgIpc) is 3.49. The van der Waals surface area contributed by atoms with Crippen molar-refractivity contribution in [2.24, 2.45) is 0 Å². The van der Waals surface area contributed by atoms with Gasteiger partial charge < -0.3 is 43.0 Å². The van der Waals surface area contributed by atoms with Gasteiger partial charge >= 0.3 is 0 Å². The summed E-state index contributed by atoms with van der Waals surface area (Å²) in [6.07, 6.45) is 14.2. The summed E-state index contributed by atoms with van der Waals surface area (Å²) in [4.78, 5) is 16.9. The fourth-order valence-electron chi connectivity index (χ4n) is 9.53. The van der Waals surface area contributed by atoms with Gasteiger partial charge in [0.2, 0.25) is 0 Å². The van der Waals surface area contributed by atoms with E-state index in [1.807, 2.05) is 72.8 Å². The van der Waals surface area contributed by atoms with E-state index in [-0.39, 0.29) is 30.3 Å². The second kappa shape index (κ2) is 29.1. The summed E-state index contributed by atoms with van der Waals surface area (Å²) in [6.45, 7) is 12.0. The van der Waals surface area contributed by atoms with Gasteiger partial charge in [0.1, 0.15) is 72.4 Å². The van der Waals surface area contributed by atoms with Crippen molar-refractivity contribution in [1.82, 2.24) is 19.9 Å². The first-order valence-corrected chi connectivity index (χ1v) is 27.1. The summed E-state index contributed by atoms with van der Waals surface area (Å²) >= 11 is 14.4. The molecule has 0 fully saturated rings. The van der Waals surface area contributed by atoms with Crippen LogP contribution in [-0.2, 0) is 26.4 Å². The van der Waals surface area contributed by atoms with Gasteiger partial charge in [0, 0.05) is 149 Å². The minimum absolute atomic E-state index is 0.250. The Morgan fingerprint density at radius 2 is 0.519 bits per heavy atom. The van der Waals surface area contributed by atoms with Crippen LogP contribution < -0.4 is 37.9 Å². The van der Waals surface area contributed by atoms with Gasteiger partial charge in [0.15, 0.2) is 4.30 Å². The molecule has 4 atom stereocenters. The highest BCUT2D eigenvalue weighted by Gasteiger charge is 2.31. The van der Waals surface area contributed by atoms with Gasteiger partial charge in [-0.1, -0.05) is 62.5 Å². The molecule has 4 aromatic carbocycles. The molecular weight excluding hydrogens is 1060 g/mol. The van der Waals surface area contributed by atoms with Crippen molar-refractivity contribution in [2.45, 2.75) is 89.0 Å². The van der Waals surface area contributed by atoms with Crippen LogP contribution in [0.5, 0.6) is 46.0 Å². The summed E-state index contributed by atoms with van der Waals surface area (Å²) in [5.41, 5.74) is 11.5. The van der Waals surface area contributed by atoms with E-state index in [4.69, 9.17) is 77.8 Å². The number of rotatable bonds is 16. The number of aliphatic hydroxyl groups is 1. The van der Waals surface area contributed by atoms with Crippen LogP contribution in [0, 0.1) is 0 Å². The van der Waals surface area contributed by atoms with Crippen LogP contribution in [0.1, 0.15) is 125 Å². The number of aromatic nitrogens is 4. The van der Waals surface area contributed by atoms with E-state index in [0.29, 0.717) is 72.4 Å². The molecule has 414 valence electrons. The predicted molar refractivity (Wildman–Crippen MR) is 310 cm³/mol. The van der Waals surface area contributed by atoms with Crippen LogP contribution in [0.15, 0.2) is 147 Å². The second-order valence-corrected chi connectivity index (χ2v) is 20.5. The van der Waals surface area contributed by atoms with Crippen LogP contribution in [-0.4, -0.2) is 64.4 Å². The maximum atomic E-state index is 7.57. The molecule has 9 rings (SSSR count). The number of hydrogen-bond donors (Lipinski definition) is 1. The molecule has 0 aliphatic heterocycles. The standard InChI is InChI=1S/C60H60N4O8.C2H6O.CHCl3/c1-37-45-25-50(58(29-53(45)65-5)70-34-42-11-19-62-20-12-42)39(3)47-27-52(60(31-55(47)67-7)72-36-44-15-23-64-24-16-44)40(4)48-28-51(59(32-56(48)68-8)71-35-43-13-21-63-22-14-43)38(2)46-26-49(37)57(30-54(46)66-6)69-33-41-9-17-61-18-10-41;1-2-3;2-1(3)4/h9-32,37-40H,33-36H2,1-8H3;3H,2H2,1H3;1H/t37-,38-,39-,40-;;/m0../s1. The molecule has 0 saturated carbocycles. The van der Waals surface area contributed by atoms with Crippen molar-refractivity contribution in [3.8, 4) is 46.0 Å². The molecule has 0 unspecified atom stereocenters. The van der Waals surface area contributed by atoms with E-state index >= 15 is 0 Å². The Kier molecular flexibility index (Phi) is 21.9. The number of ether oxygens (including phenoxy) is 8. The highest BCUT2D eigenvalue weighted by Crippen LogP contribution is 2.51. The minimum atomic E-state index is -0.750. The fraction of sp³-hybridized carbons (Fsp3) is 0.302. The number of benzene rings is 4. The Morgan fingerprint density at radius 1 is 0.354 bits per heavy atom. The lowest BCUT2D eigenvalue weighted by atomic mass is 9.80. The number of pyridine rings is 4. The Hall–Kier alpha value is -7.29. The van der Waals surface area contributed by atoms with Crippen LogP contribution in [0.4, 0.5) is 0 Å². The van der Waals surface area contributed by atoms with E-state index in [1.54, 1.807) is 84.9 Å². The van der Waals surface area contributed by atoms with Crippen LogP contribution in [0.2, 0.25) is 0 Å². The molecule has 0 radical (unpaired) electrons. The largest absolute Gasteiger partial charge is 0.496 e. The van der Waals surface area contributed by atoms with Crippen molar-refractivity contribution < 1.29 is 43.0 Å². The molecule has 8 bridgehead atoms. The molecule has 8 aromatic rings. The van der Waals surface area contributed by atoms with Crippen molar-refractivity contribution in [3.63, 3.8) is 0 Å². The maximum absolute atomic E-state index is 7.57. The van der Waals surface area contributed by atoms with Gasteiger partial charge in [-0.3, -0.25) is 19.9 Å². The first-order chi connectivity index (χ1) is 38.3. The third kappa shape index (κ3) is 15.1. The number of halogens is 3. The molecule has 16 heteroatoms. The molecule has 4 heterocycles. The van der Waals surface area contributed by atoms with E-state index in [0.717, 1.165) is 66.8 Å². The van der Waals surface area contributed by atoms with E-state index in [1.165, 1.54) is 0 Å². The molecule has 0 amide bonds. The summed E-state index contributed by atoms with van der Waals surface area (Å²) in [5, 5.41) is 7.57. The molecule has 79 heavy (non-hydrogen) atoms. The Bertz CT molecular complexity index is 2780. The van der Waals surface area contributed by atoms with Gasteiger partial charge in [0.05, 0.1) is 28.4 Å². The number of aliphatic hydroxyl groups excluding tert-OH is 1. The van der Waals surface area contributed by atoms with Gasteiger partial charge in [-0.25, -0.2) is 0 Å². The molecule has 1 aliphatic carbocycles. The Morgan fingerprint density at radius 3 is 0.684 bits per heavy atom. The lowest BCUT2D eigenvalue weighted by Crippen LogP contribution is -2.13. The average molecular weight is 1130 g/mol. The summed E-state index contributed by atoms with van der Waals surface area (Å²) in [5.74, 6) is 4.30. The van der Waals surface area contributed by atoms with Crippen molar-refractivity contribution in [2.75, 3.05) is 35.0 Å². The first kappa shape index (κ1) is 59.4. The van der Waals surface area contributed by atoms with E-state index in [9.17, 15) is 0 Å². The molecule has 13 nitrogen and oxygen atoms in total. The monoisotopic (exact) mass is 1130 g/mol. The molecule has 0 spiro atoms.